The fourth-order valence-corrected chi connectivity index (χ4v) is 5.22. The Labute approximate surface area is 223 Å². The van der Waals surface area contributed by atoms with E-state index >= 15 is 0 Å². The number of amides is 1. The van der Waals surface area contributed by atoms with Crippen molar-refractivity contribution < 1.29 is 19.4 Å². The molecule has 0 bridgehead atoms. The molecular formula is C28H26ClFN4O4. The molecule has 0 unspecified atom stereocenters. The molecule has 4 aromatic rings. The number of phenols is 1. The molecule has 2 N–H and O–H groups in total. The number of hydrogen-bond acceptors (Lipinski definition) is 5. The maximum absolute atomic E-state index is 14.9. The van der Waals surface area contributed by atoms with Crippen LogP contribution in [0.3, 0.4) is 0 Å². The van der Waals surface area contributed by atoms with E-state index in [9.17, 15) is 24.2 Å². The van der Waals surface area contributed by atoms with E-state index in [0.717, 1.165) is 5.56 Å². The molecule has 196 valence electrons. The summed E-state index contributed by atoms with van der Waals surface area (Å²) >= 11 is 6.68. The summed E-state index contributed by atoms with van der Waals surface area (Å²) in [6.07, 6.45) is -0.999. The quantitative estimate of drug-likeness (QED) is 0.358. The first-order valence-corrected chi connectivity index (χ1v) is 12.6. The molecule has 0 atom stereocenters. The highest BCUT2D eigenvalue weighted by Gasteiger charge is 2.26. The number of para-hydroxylation sites is 1. The van der Waals surface area contributed by atoms with Gasteiger partial charge in [0.1, 0.15) is 17.4 Å². The van der Waals surface area contributed by atoms with E-state index < -0.39 is 17.6 Å². The van der Waals surface area contributed by atoms with Crippen molar-refractivity contribution in [3.63, 3.8) is 0 Å². The summed E-state index contributed by atoms with van der Waals surface area (Å²) in [5, 5.41) is 20.5. The van der Waals surface area contributed by atoms with Gasteiger partial charge in [0, 0.05) is 42.2 Å². The van der Waals surface area contributed by atoms with E-state index in [2.05, 4.69) is 4.98 Å². The molecule has 1 amide bonds. The summed E-state index contributed by atoms with van der Waals surface area (Å²) in [6.45, 7) is 5.24. The number of carboxylic acid groups (broad SMARTS) is 1. The number of halogens is 2. The average molecular weight is 537 g/mol. The maximum Gasteiger partial charge on any atom is 0.407 e. The zero-order valence-corrected chi connectivity index (χ0v) is 21.6. The van der Waals surface area contributed by atoms with Crippen LogP contribution in [0.25, 0.3) is 27.7 Å². The summed E-state index contributed by atoms with van der Waals surface area (Å²) in [6, 6.07) is 14.7. The standard InChI is InChI=1S/C28H26ClFN4O4/c1-16(2)17-6-3-4-8-22(17)34-23-15-18(25-21(30)7-5-9-24(25)35)20(29)14-19(23)26(31-27(34)36)32-10-12-33(13-11-32)28(37)38/h3-9,14-16,35H,10-13H2,1-2H3,(H,37,38). The molecule has 0 saturated carbocycles. The first-order valence-electron chi connectivity index (χ1n) is 12.2. The van der Waals surface area contributed by atoms with Crippen LogP contribution in [0, 0.1) is 5.82 Å². The second-order valence-electron chi connectivity index (χ2n) is 9.51. The number of phenolic OH excluding ortho intramolecular Hbond substituents is 1. The van der Waals surface area contributed by atoms with Gasteiger partial charge in [0.15, 0.2) is 0 Å². The van der Waals surface area contributed by atoms with E-state index in [-0.39, 0.29) is 40.9 Å². The number of nitrogens with zero attached hydrogens (tertiary/aromatic N) is 4. The monoisotopic (exact) mass is 536 g/mol. The predicted molar refractivity (Wildman–Crippen MR) is 145 cm³/mol. The van der Waals surface area contributed by atoms with Crippen LogP contribution < -0.4 is 10.6 Å². The third kappa shape index (κ3) is 4.43. The van der Waals surface area contributed by atoms with Crippen molar-refractivity contribution in [2.45, 2.75) is 19.8 Å². The van der Waals surface area contributed by atoms with E-state index in [1.165, 1.54) is 27.7 Å². The largest absolute Gasteiger partial charge is 0.507 e. The lowest BCUT2D eigenvalue weighted by Crippen LogP contribution is -2.49. The Kier molecular flexibility index (Phi) is 6.71. The van der Waals surface area contributed by atoms with Crippen molar-refractivity contribution in [2.24, 2.45) is 0 Å². The van der Waals surface area contributed by atoms with E-state index in [0.29, 0.717) is 35.5 Å². The van der Waals surface area contributed by atoms with Gasteiger partial charge in [0.05, 0.1) is 16.8 Å². The first-order chi connectivity index (χ1) is 18.2. The fraction of sp³-hybridized carbons (Fsp3) is 0.250. The summed E-state index contributed by atoms with van der Waals surface area (Å²) in [4.78, 5) is 32.7. The van der Waals surface area contributed by atoms with Gasteiger partial charge in [0.25, 0.3) is 0 Å². The Morgan fingerprint density at radius 2 is 1.76 bits per heavy atom. The molecule has 1 aliphatic rings. The molecule has 1 fully saturated rings. The van der Waals surface area contributed by atoms with Gasteiger partial charge in [-0.15, -0.1) is 0 Å². The van der Waals surface area contributed by atoms with Gasteiger partial charge >= 0.3 is 11.8 Å². The Morgan fingerprint density at radius 3 is 2.42 bits per heavy atom. The average Bonchev–Trinajstić information content (AvgIpc) is 2.89. The number of fused-ring (bicyclic) bond motifs is 1. The number of aromatic hydroxyl groups is 1. The Morgan fingerprint density at radius 1 is 1.05 bits per heavy atom. The molecule has 1 aromatic heterocycles. The van der Waals surface area contributed by atoms with Gasteiger partial charge in [-0.3, -0.25) is 4.57 Å². The molecule has 38 heavy (non-hydrogen) atoms. The SMILES string of the molecule is CC(C)c1ccccc1-n1c(=O)nc(N2CCN(C(=O)O)CC2)c2cc(Cl)c(-c3c(O)cccc3F)cc21. The van der Waals surface area contributed by atoms with E-state index in [1.807, 2.05) is 43.0 Å². The molecule has 2 heterocycles. The molecule has 1 saturated heterocycles. The number of piperazine rings is 1. The van der Waals surface area contributed by atoms with Crippen LogP contribution in [0.15, 0.2) is 59.4 Å². The van der Waals surface area contributed by atoms with Crippen LogP contribution in [0.1, 0.15) is 25.3 Å². The van der Waals surface area contributed by atoms with Crippen LogP contribution in [0.2, 0.25) is 5.02 Å². The Hall–Kier alpha value is -4.11. The highest BCUT2D eigenvalue weighted by Crippen LogP contribution is 2.40. The zero-order chi connectivity index (χ0) is 27.1. The number of anilines is 1. The molecule has 8 nitrogen and oxygen atoms in total. The van der Waals surface area contributed by atoms with Crippen LogP contribution in [-0.4, -0.2) is 56.9 Å². The third-order valence-electron chi connectivity index (χ3n) is 6.87. The van der Waals surface area contributed by atoms with Crippen molar-refractivity contribution in [3.05, 3.63) is 81.5 Å². The van der Waals surface area contributed by atoms with Gasteiger partial charge in [-0.25, -0.2) is 14.0 Å². The lowest BCUT2D eigenvalue weighted by molar-refractivity contribution is 0.142. The summed E-state index contributed by atoms with van der Waals surface area (Å²) in [5.74, 6) is -0.456. The lowest BCUT2D eigenvalue weighted by Gasteiger charge is -2.34. The second kappa shape index (κ2) is 9.98. The van der Waals surface area contributed by atoms with Gasteiger partial charge in [-0.1, -0.05) is 49.7 Å². The molecule has 0 spiro atoms. The number of aromatic nitrogens is 2. The number of hydrogen-bond donors (Lipinski definition) is 2. The van der Waals surface area contributed by atoms with Crippen LogP contribution in [-0.2, 0) is 0 Å². The Balaban J connectivity index is 1.81. The summed E-state index contributed by atoms with van der Waals surface area (Å²) in [7, 11) is 0. The number of carbonyl (C=O) groups is 1. The van der Waals surface area contributed by atoms with Crippen molar-refractivity contribution in [3.8, 4) is 22.6 Å². The van der Waals surface area contributed by atoms with Crippen molar-refractivity contribution in [2.75, 3.05) is 31.1 Å². The first kappa shape index (κ1) is 25.5. The number of rotatable bonds is 4. The summed E-state index contributed by atoms with van der Waals surface area (Å²) in [5.41, 5.74) is 1.63. The molecule has 10 heteroatoms. The minimum Gasteiger partial charge on any atom is -0.507 e. The topological polar surface area (TPSA) is 98.9 Å². The Bertz CT molecular complexity index is 1590. The second-order valence-corrected chi connectivity index (χ2v) is 9.91. The van der Waals surface area contributed by atoms with Crippen LogP contribution >= 0.6 is 11.6 Å². The smallest absolute Gasteiger partial charge is 0.407 e. The van der Waals surface area contributed by atoms with Crippen molar-refractivity contribution in [1.29, 1.82) is 0 Å². The molecule has 3 aromatic carbocycles. The maximum atomic E-state index is 14.9. The third-order valence-corrected chi connectivity index (χ3v) is 7.18. The van der Waals surface area contributed by atoms with Crippen LogP contribution in [0.4, 0.5) is 15.0 Å². The van der Waals surface area contributed by atoms with E-state index in [1.54, 1.807) is 12.1 Å². The minimum atomic E-state index is -0.999. The number of benzene rings is 3. The lowest BCUT2D eigenvalue weighted by atomic mass is 9.99. The highest BCUT2D eigenvalue weighted by atomic mass is 35.5. The predicted octanol–water partition coefficient (Wildman–Crippen LogP) is 5.47. The normalized spacial score (nSPS) is 13.9. The molecular weight excluding hydrogens is 511 g/mol. The van der Waals surface area contributed by atoms with Crippen LogP contribution in [0.5, 0.6) is 5.75 Å². The van der Waals surface area contributed by atoms with Gasteiger partial charge < -0.3 is 20.0 Å². The van der Waals surface area contributed by atoms with E-state index in [4.69, 9.17) is 11.6 Å². The molecule has 5 rings (SSSR count). The minimum absolute atomic E-state index is 0.0658. The van der Waals surface area contributed by atoms with Crippen molar-refractivity contribution >= 4 is 34.4 Å². The summed E-state index contributed by atoms with van der Waals surface area (Å²) < 4.78 is 16.4. The molecule has 0 radical (unpaired) electrons. The highest BCUT2D eigenvalue weighted by molar-refractivity contribution is 6.34. The fourth-order valence-electron chi connectivity index (χ4n) is 4.96. The van der Waals surface area contributed by atoms with Gasteiger partial charge in [0.2, 0.25) is 0 Å². The molecule has 0 aliphatic carbocycles. The van der Waals surface area contributed by atoms with Gasteiger partial charge in [-0.2, -0.15) is 4.98 Å². The van der Waals surface area contributed by atoms with Gasteiger partial charge in [-0.05, 0) is 41.8 Å². The molecule has 1 aliphatic heterocycles. The van der Waals surface area contributed by atoms with Crippen molar-refractivity contribution in [1.82, 2.24) is 14.5 Å². The zero-order valence-electron chi connectivity index (χ0n) is 20.9.